The molecule has 0 aliphatic heterocycles. The molecule has 0 aliphatic rings. The first kappa shape index (κ1) is 13.1. The zero-order valence-corrected chi connectivity index (χ0v) is 12.0. The van der Waals surface area contributed by atoms with Crippen molar-refractivity contribution in [2.45, 2.75) is 0 Å². The molecule has 98 valence electrons. The van der Waals surface area contributed by atoms with Gasteiger partial charge in [0.05, 0.1) is 33.0 Å². The minimum absolute atomic E-state index is 0.491. The van der Waals surface area contributed by atoms with Crippen LogP contribution in [-0.4, -0.2) is 9.97 Å². The summed E-state index contributed by atoms with van der Waals surface area (Å²) in [6, 6.07) is 11.3. The van der Waals surface area contributed by atoms with E-state index in [0.717, 1.165) is 22.2 Å². The average Bonchev–Trinajstić information content (AvgIpc) is 2.49. The van der Waals surface area contributed by atoms with Crippen LogP contribution in [-0.2, 0) is 0 Å². The molecule has 0 atom stereocenters. The summed E-state index contributed by atoms with van der Waals surface area (Å²) < 4.78 is 0. The number of hydrogen-bond donors (Lipinski definition) is 0. The summed E-state index contributed by atoms with van der Waals surface area (Å²) in [5.41, 5.74) is 4.13. The fraction of sp³-hybridized carbons (Fsp3) is 0. The van der Waals surface area contributed by atoms with Gasteiger partial charge in [0.15, 0.2) is 0 Å². The van der Waals surface area contributed by atoms with Gasteiger partial charge >= 0.3 is 0 Å². The second-order valence-corrected chi connectivity index (χ2v) is 5.09. The van der Waals surface area contributed by atoms with Crippen LogP contribution in [0.3, 0.4) is 0 Å². The molecule has 1 aromatic heterocycles. The normalized spacial score (nSPS) is 10.7. The molecular formula is C16H10Cl2N2. The largest absolute Gasteiger partial charge is 0.252 e. The van der Waals surface area contributed by atoms with Crippen LogP contribution in [0, 0.1) is 0 Å². The van der Waals surface area contributed by atoms with E-state index in [4.69, 9.17) is 23.2 Å². The van der Waals surface area contributed by atoms with Gasteiger partial charge in [-0.2, -0.15) is 0 Å². The maximum absolute atomic E-state index is 6.21. The second-order valence-electron chi connectivity index (χ2n) is 4.31. The van der Waals surface area contributed by atoms with Crippen molar-refractivity contribution in [3.05, 3.63) is 64.8 Å². The first-order chi connectivity index (χ1) is 9.69. The van der Waals surface area contributed by atoms with Crippen molar-refractivity contribution in [3.63, 3.8) is 0 Å². The molecule has 2 aromatic carbocycles. The van der Waals surface area contributed by atoms with Gasteiger partial charge in [0.2, 0.25) is 0 Å². The molecule has 0 N–H and O–H groups in total. The first-order valence-electron chi connectivity index (χ1n) is 6.02. The molecule has 1 heterocycles. The zero-order valence-electron chi connectivity index (χ0n) is 10.5. The summed E-state index contributed by atoms with van der Waals surface area (Å²) >= 11 is 12.2. The third-order valence-electron chi connectivity index (χ3n) is 3.03. The van der Waals surface area contributed by atoms with E-state index >= 15 is 0 Å². The highest BCUT2D eigenvalue weighted by molar-refractivity contribution is 6.43. The van der Waals surface area contributed by atoms with Crippen LogP contribution in [0.5, 0.6) is 0 Å². The predicted molar refractivity (Wildman–Crippen MR) is 85.1 cm³/mol. The summed E-state index contributed by atoms with van der Waals surface area (Å²) in [7, 11) is 0. The van der Waals surface area contributed by atoms with Crippen molar-refractivity contribution in [1.29, 1.82) is 0 Å². The molecule has 0 radical (unpaired) electrons. The monoisotopic (exact) mass is 300 g/mol. The van der Waals surface area contributed by atoms with E-state index in [1.165, 1.54) is 0 Å². The molecule has 20 heavy (non-hydrogen) atoms. The summed E-state index contributed by atoms with van der Waals surface area (Å²) in [5.74, 6) is 0. The standard InChI is InChI=1S/C16H10Cl2N2/c1-2-10-6-7-13-14(8-10)19-9-15(20-13)11-4-3-5-12(17)16(11)18/h2-9H,1H2. The molecule has 0 aliphatic carbocycles. The maximum atomic E-state index is 6.21. The molecular weight excluding hydrogens is 291 g/mol. The van der Waals surface area contributed by atoms with Gasteiger partial charge < -0.3 is 0 Å². The van der Waals surface area contributed by atoms with Crippen molar-refractivity contribution in [2.75, 3.05) is 0 Å². The van der Waals surface area contributed by atoms with Crippen LogP contribution in [0.15, 0.2) is 49.2 Å². The van der Waals surface area contributed by atoms with Crippen LogP contribution in [0.1, 0.15) is 5.56 Å². The zero-order chi connectivity index (χ0) is 14.1. The number of nitrogens with zero attached hydrogens (tertiary/aromatic N) is 2. The van der Waals surface area contributed by atoms with Crippen molar-refractivity contribution in [1.82, 2.24) is 9.97 Å². The summed E-state index contributed by atoms with van der Waals surface area (Å²) in [6.07, 6.45) is 3.48. The van der Waals surface area contributed by atoms with Crippen LogP contribution >= 0.6 is 23.2 Å². The van der Waals surface area contributed by atoms with Crippen LogP contribution < -0.4 is 0 Å². The lowest BCUT2D eigenvalue weighted by atomic mass is 10.1. The van der Waals surface area contributed by atoms with Crippen LogP contribution in [0.25, 0.3) is 28.4 Å². The molecule has 0 amide bonds. The number of rotatable bonds is 2. The lowest BCUT2D eigenvalue weighted by molar-refractivity contribution is 1.29. The average molecular weight is 301 g/mol. The second kappa shape index (κ2) is 5.23. The number of aromatic nitrogens is 2. The van der Waals surface area contributed by atoms with Gasteiger partial charge in [-0.05, 0) is 23.8 Å². The Labute approximate surface area is 126 Å². The van der Waals surface area contributed by atoms with Gasteiger partial charge in [0.25, 0.3) is 0 Å². The molecule has 0 fully saturated rings. The lowest BCUT2D eigenvalue weighted by Crippen LogP contribution is -1.90. The topological polar surface area (TPSA) is 25.8 Å². The number of benzene rings is 2. The van der Waals surface area contributed by atoms with Crippen molar-refractivity contribution >= 4 is 40.3 Å². The summed E-state index contributed by atoms with van der Waals surface area (Å²) in [4.78, 5) is 9.01. The molecule has 0 spiro atoms. The van der Waals surface area contributed by atoms with E-state index in [1.54, 1.807) is 18.3 Å². The summed E-state index contributed by atoms with van der Waals surface area (Å²) in [6.45, 7) is 3.74. The molecule has 3 aromatic rings. The van der Waals surface area contributed by atoms with Crippen LogP contribution in [0.2, 0.25) is 10.0 Å². The Balaban J connectivity index is 2.18. The lowest BCUT2D eigenvalue weighted by Gasteiger charge is -2.06. The molecule has 0 saturated carbocycles. The van der Waals surface area contributed by atoms with Gasteiger partial charge in [-0.25, -0.2) is 4.98 Å². The van der Waals surface area contributed by atoms with E-state index in [0.29, 0.717) is 15.7 Å². The predicted octanol–water partition coefficient (Wildman–Crippen LogP) is 5.25. The first-order valence-corrected chi connectivity index (χ1v) is 6.78. The fourth-order valence-corrected chi connectivity index (χ4v) is 2.38. The van der Waals surface area contributed by atoms with Gasteiger partial charge in [-0.3, -0.25) is 4.98 Å². The molecule has 4 heteroatoms. The third-order valence-corrected chi connectivity index (χ3v) is 3.85. The molecule has 0 saturated heterocycles. The minimum Gasteiger partial charge on any atom is -0.252 e. The molecule has 3 rings (SSSR count). The van der Waals surface area contributed by atoms with Gasteiger partial charge in [0.1, 0.15) is 0 Å². The van der Waals surface area contributed by atoms with E-state index in [1.807, 2.05) is 30.3 Å². The maximum Gasteiger partial charge on any atom is 0.0908 e. The Morgan fingerprint density at radius 1 is 1.05 bits per heavy atom. The number of hydrogen-bond acceptors (Lipinski definition) is 2. The van der Waals surface area contributed by atoms with Crippen molar-refractivity contribution in [3.8, 4) is 11.3 Å². The van der Waals surface area contributed by atoms with Crippen LogP contribution in [0.4, 0.5) is 0 Å². The molecule has 0 unspecified atom stereocenters. The molecule has 2 nitrogen and oxygen atoms in total. The Hall–Kier alpha value is -1.90. The fourth-order valence-electron chi connectivity index (χ4n) is 1.99. The van der Waals surface area contributed by atoms with Crippen molar-refractivity contribution < 1.29 is 0 Å². The van der Waals surface area contributed by atoms with Gasteiger partial charge in [0, 0.05) is 5.56 Å². The van der Waals surface area contributed by atoms with E-state index in [9.17, 15) is 0 Å². The van der Waals surface area contributed by atoms with Gasteiger partial charge in [-0.1, -0.05) is 54.1 Å². The highest BCUT2D eigenvalue weighted by atomic mass is 35.5. The van der Waals surface area contributed by atoms with E-state index < -0.39 is 0 Å². The Kier molecular flexibility index (Phi) is 3.43. The van der Waals surface area contributed by atoms with E-state index in [2.05, 4.69) is 16.5 Å². The third kappa shape index (κ3) is 2.28. The minimum atomic E-state index is 0.491. The summed E-state index contributed by atoms with van der Waals surface area (Å²) in [5, 5.41) is 0.999. The number of fused-ring (bicyclic) bond motifs is 1. The number of halogens is 2. The van der Waals surface area contributed by atoms with Crippen molar-refractivity contribution in [2.24, 2.45) is 0 Å². The highest BCUT2D eigenvalue weighted by Gasteiger charge is 2.09. The quantitative estimate of drug-likeness (QED) is 0.646. The SMILES string of the molecule is C=Cc1ccc2nc(-c3cccc(Cl)c3Cl)cnc2c1. The molecule has 0 bridgehead atoms. The Bertz CT molecular complexity index is 813. The Morgan fingerprint density at radius 3 is 2.70 bits per heavy atom. The Morgan fingerprint density at radius 2 is 1.90 bits per heavy atom. The highest BCUT2D eigenvalue weighted by Crippen LogP contribution is 2.32. The smallest absolute Gasteiger partial charge is 0.0908 e. The van der Waals surface area contributed by atoms with Gasteiger partial charge in [-0.15, -0.1) is 0 Å². The van der Waals surface area contributed by atoms with E-state index in [-0.39, 0.29) is 0 Å².